The Labute approximate surface area is 161 Å². The molecule has 1 fully saturated rings. The highest BCUT2D eigenvalue weighted by atomic mass is 19.1. The number of H-pyrrole nitrogens is 1. The van der Waals surface area contributed by atoms with Crippen molar-refractivity contribution >= 4 is 35.4 Å². The number of piperidine rings is 1. The lowest BCUT2D eigenvalue weighted by Crippen LogP contribution is -2.36. The fraction of sp³-hybridized carbons (Fsp3) is 0.333. The van der Waals surface area contributed by atoms with Crippen molar-refractivity contribution in [1.82, 2.24) is 20.5 Å². The van der Waals surface area contributed by atoms with Gasteiger partial charge in [-0.25, -0.2) is 9.37 Å². The molecule has 148 valence electrons. The second-order valence-corrected chi connectivity index (χ2v) is 6.36. The van der Waals surface area contributed by atoms with Gasteiger partial charge in [0.05, 0.1) is 41.2 Å². The summed E-state index contributed by atoms with van der Waals surface area (Å²) in [4.78, 5) is 6.53. The van der Waals surface area contributed by atoms with Gasteiger partial charge in [0, 0.05) is 32.4 Å². The topological polar surface area (TPSA) is 137 Å². The van der Waals surface area contributed by atoms with Crippen LogP contribution >= 0.6 is 0 Å². The van der Waals surface area contributed by atoms with Crippen molar-refractivity contribution in [3.63, 3.8) is 0 Å². The first kappa shape index (κ1) is 19.5. The van der Waals surface area contributed by atoms with Crippen molar-refractivity contribution in [1.29, 1.82) is 10.8 Å². The molecule has 28 heavy (non-hydrogen) atoms. The van der Waals surface area contributed by atoms with Crippen molar-refractivity contribution in [3.05, 3.63) is 35.4 Å². The molecule has 1 saturated heterocycles. The lowest BCUT2D eigenvalue weighted by Gasteiger charge is -2.33. The van der Waals surface area contributed by atoms with Crippen LogP contribution in [0, 0.1) is 10.8 Å². The molecular weight excluding hydrogens is 363 g/mol. The second-order valence-electron chi connectivity index (χ2n) is 6.36. The molecule has 1 aliphatic heterocycles. The van der Waals surface area contributed by atoms with Crippen molar-refractivity contribution in [2.45, 2.75) is 18.9 Å². The highest BCUT2D eigenvalue weighted by Gasteiger charge is 2.23. The third kappa shape index (κ3) is 4.01. The van der Waals surface area contributed by atoms with Crippen LogP contribution in [0.15, 0.2) is 24.2 Å². The number of aromatic amines is 1. The van der Waals surface area contributed by atoms with Crippen LogP contribution in [-0.4, -0.2) is 59.0 Å². The Bertz CT molecular complexity index is 872. The molecule has 9 nitrogen and oxygen atoms in total. The van der Waals surface area contributed by atoms with Crippen LogP contribution in [0.1, 0.15) is 24.1 Å². The molecule has 1 aliphatic rings. The van der Waals surface area contributed by atoms with E-state index in [2.05, 4.69) is 25.8 Å². The van der Waals surface area contributed by atoms with E-state index in [4.69, 9.17) is 10.8 Å². The van der Waals surface area contributed by atoms with Crippen LogP contribution in [0.2, 0.25) is 0 Å². The van der Waals surface area contributed by atoms with Gasteiger partial charge in [-0.15, -0.1) is 0 Å². The van der Waals surface area contributed by atoms with Crippen LogP contribution in [0.4, 0.5) is 21.7 Å². The van der Waals surface area contributed by atoms with Crippen LogP contribution in [0.3, 0.4) is 0 Å². The predicted octanol–water partition coefficient (Wildman–Crippen LogP) is 2.01. The SMILES string of the molecule is CN/C(=C(/F)C=N)c1cc(N2CCC(O)CC2)c(C=N)c(Nc2ccn[nH]2)n1. The molecule has 6 N–H and O–H groups in total. The molecule has 0 bridgehead atoms. The van der Waals surface area contributed by atoms with E-state index in [-0.39, 0.29) is 11.8 Å². The standard InChI is InChI=1S/C18H23FN8O/c1-22-17(13(19)10-21)14-8-15(27-6-3-11(28)4-7-27)12(9-20)18(24-14)25-16-2-5-23-26-16/h2,5,8-11,20-22,28H,3-4,6-7H2,1H3,(H2,23,24,25,26)/b17-13+,20-9?,21-10?. The average Bonchev–Trinajstić information content (AvgIpc) is 3.21. The number of aliphatic hydroxyl groups is 1. The number of hydrogen-bond donors (Lipinski definition) is 6. The second kappa shape index (κ2) is 8.61. The molecular formula is C18H23FN8O. The summed E-state index contributed by atoms with van der Waals surface area (Å²) in [6, 6.07) is 3.41. The Morgan fingerprint density at radius 3 is 2.71 bits per heavy atom. The minimum atomic E-state index is -0.745. The van der Waals surface area contributed by atoms with Crippen molar-refractivity contribution in [2.24, 2.45) is 0 Å². The van der Waals surface area contributed by atoms with E-state index >= 15 is 0 Å². The third-order valence-electron chi connectivity index (χ3n) is 4.61. The summed E-state index contributed by atoms with van der Waals surface area (Å²) in [5.41, 5.74) is 1.63. The number of halogens is 1. The lowest BCUT2D eigenvalue weighted by atomic mass is 10.0. The zero-order valence-corrected chi connectivity index (χ0v) is 15.5. The molecule has 0 radical (unpaired) electrons. The minimum absolute atomic E-state index is 0.0810. The number of aromatic nitrogens is 3. The number of allylic oxidation sites excluding steroid dienone is 1. The maximum absolute atomic E-state index is 14.2. The summed E-state index contributed by atoms with van der Waals surface area (Å²) >= 11 is 0. The number of rotatable bonds is 7. The summed E-state index contributed by atoms with van der Waals surface area (Å²) in [5.74, 6) is 0.198. The largest absolute Gasteiger partial charge is 0.393 e. The first-order valence-electron chi connectivity index (χ1n) is 8.90. The summed E-state index contributed by atoms with van der Waals surface area (Å²) in [6.07, 6.45) is 4.29. The Balaban J connectivity index is 2.14. The molecule has 0 aliphatic carbocycles. The van der Waals surface area contributed by atoms with E-state index in [0.29, 0.717) is 60.7 Å². The fourth-order valence-corrected chi connectivity index (χ4v) is 3.17. The molecule has 0 atom stereocenters. The first-order valence-corrected chi connectivity index (χ1v) is 8.90. The highest BCUT2D eigenvalue weighted by molar-refractivity contribution is 5.95. The van der Waals surface area contributed by atoms with Gasteiger partial charge in [0.15, 0.2) is 5.83 Å². The minimum Gasteiger partial charge on any atom is -0.393 e. The molecule has 0 unspecified atom stereocenters. The van der Waals surface area contributed by atoms with E-state index in [1.807, 2.05) is 4.90 Å². The normalized spacial score (nSPS) is 15.8. The van der Waals surface area contributed by atoms with Gasteiger partial charge < -0.3 is 31.5 Å². The number of hydrogen-bond acceptors (Lipinski definition) is 8. The Hall–Kier alpha value is -3.27. The molecule has 2 aromatic heterocycles. The maximum atomic E-state index is 14.2. The van der Waals surface area contributed by atoms with Gasteiger partial charge in [-0.1, -0.05) is 0 Å². The van der Waals surface area contributed by atoms with Gasteiger partial charge in [-0.3, -0.25) is 5.10 Å². The number of pyridine rings is 1. The molecule has 10 heteroatoms. The molecule has 0 aromatic carbocycles. The fourth-order valence-electron chi connectivity index (χ4n) is 3.17. The Kier molecular flexibility index (Phi) is 5.99. The summed E-state index contributed by atoms with van der Waals surface area (Å²) in [5, 5.41) is 37.5. The maximum Gasteiger partial charge on any atom is 0.165 e. The van der Waals surface area contributed by atoms with Crippen LogP contribution in [-0.2, 0) is 0 Å². The van der Waals surface area contributed by atoms with Crippen molar-refractivity contribution < 1.29 is 9.50 Å². The van der Waals surface area contributed by atoms with Gasteiger partial charge in [-0.05, 0) is 18.9 Å². The molecule has 0 saturated carbocycles. The smallest absolute Gasteiger partial charge is 0.165 e. The third-order valence-corrected chi connectivity index (χ3v) is 4.61. The van der Waals surface area contributed by atoms with Crippen molar-refractivity contribution in [3.8, 4) is 0 Å². The van der Waals surface area contributed by atoms with E-state index in [0.717, 1.165) is 0 Å². The van der Waals surface area contributed by atoms with Gasteiger partial charge in [0.1, 0.15) is 11.6 Å². The summed E-state index contributed by atoms with van der Waals surface area (Å²) in [6.45, 7) is 1.22. The number of anilines is 3. The number of aliphatic hydroxyl groups excluding tert-OH is 1. The highest BCUT2D eigenvalue weighted by Crippen LogP contribution is 2.32. The summed E-state index contributed by atoms with van der Waals surface area (Å²) in [7, 11) is 1.56. The molecule has 2 aromatic rings. The van der Waals surface area contributed by atoms with E-state index in [9.17, 15) is 9.50 Å². The molecule has 0 amide bonds. The van der Waals surface area contributed by atoms with E-state index in [1.165, 1.54) is 6.21 Å². The van der Waals surface area contributed by atoms with Crippen molar-refractivity contribution in [2.75, 3.05) is 30.4 Å². The monoisotopic (exact) mass is 386 g/mol. The first-order chi connectivity index (χ1) is 13.6. The average molecular weight is 386 g/mol. The van der Waals surface area contributed by atoms with Gasteiger partial charge in [0.2, 0.25) is 0 Å². The van der Waals surface area contributed by atoms with Crippen LogP contribution in [0.25, 0.3) is 5.70 Å². The molecule has 3 rings (SSSR count). The van der Waals surface area contributed by atoms with Gasteiger partial charge >= 0.3 is 0 Å². The molecule has 0 spiro atoms. The van der Waals surface area contributed by atoms with Gasteiger partial charge in [-0.2, -0.15) is 5.10 Å². The van der Waals surface area contributed by atoms with Crippen LogP contribution < -0.4 is 15.5 Å². The lowest BCUT2D eigenvalue weighted by molar-refractivity contribution is 0.145. The molecule has 3 heterocycles. The number of nitrogens with zero attached hydrogens (tertiary/aromatic N) is 3. The summed E-state index contributed by atoms with van der Waals surface area (Å²) < 4.78 is 14.2. The van der Waals surface area contributed by atoms with Gasteiger partial charge in [0.25, 0.3) is 0 Å². The van der Waals surface area contributed by atoms with E-state index in [1.54, 1.807) is 25.4 Å². The quantitative estimate of drug-likeness (QED) is 0.403. The Morgan fingerprint density at radius 2 is 2.14 bits per heavy atom. The van der Waals surface area contributed by atoms with Crippen LogP contribution in [0.5, 0.6) is 0 Å². The Morgan fingerprint density at radius 1 is 1.39 bits per heavy atom. The number of nitrogens with one attached hydrogen (secondary N) is 5. The zero-order chi connectivity index (χ0) is 20.1. The predicted molar refractivity (Wildman–Crippen MR) is 107 cm³/mol. The van der Waals surface area contributed by atoms with E-state index < -0.39 is 5.83 Å². The zero-order valence-electron chi connectivity index (χ0n) is 15.5.